The number of Topliss-reactive ketones (excluding diaryl/α,β-unsaturated/α-hetero) is 1. The summed E-state index contributed by atoms with van der Waals surface area (Å²) < 4.78 is 27.6. The number of rotatable bonds is 10. The SMILES string of the molecule is COc1ccc([C@H]2C(C(=O)c3cc4cccc(OC)c4o3)=C(O)C(=O)N2CCCN2CCOCC2)cc1OC. The molecule has 0 unspecified atom stereocenters. The number of morpholine rings is 1. The topological polar surface area (TPSA) is 111 Å². The smallest absolute Gasteiger partial charge is 0.290 e. The van der Waals surface area contributed by atoms with Crippen LogP contribution in [0.25, 0.3) is 11.0 Å². The van der Waals surface area contributed by atoms with Crippen molar-refractivity contribution in [2.45, 2.75) is 12.5 Å². The molecule has 3 aromatic rings. The van der Waals surface area contributed by atoms with Gasteiger partial charge in [-0.3, -0.25) is 14.5 Å². The molecule has 1 aromatic heterocycles. The maximum atomic E-state index is 13.9. The minimum absolute atomic E-state index is 0.00416. The van der Waals surface area contributed by atoms with Crippen molar-refractivity contribution in [3.05, 3.63) is 65.1 Å². The molecule has 0 radical (unpaired) electrons. The molecule has 5 rings (SSSR count). The number of aliphatic hydroxyl groups excluding tert-OH is 1. The predicted octanol–water partition coefficient (Wildman–Crippen LogP) is 3.76. The summed E-state index contributed by atoms with van der Waals surface area (Å²) in [4.78, 5) is 31.1. The largest absolute Gasteiger partial charge is 0.503 e. The summed E-state index contributed by atoms with van der Waals surface area (Å²) in [5.74, 6) is -0.322. The van der Waals surface area contributed by atoms with E-state index in [0.717, 1.165) is 19.6 Å². The minimum Gasteiger partial charge on any atom is -0.503 e. The van der Waals surface area contributed by atoms with Crippen molar-refractivity contribution < 1.29 is 38.1 Å². The van der Waals surface area contributed by atoms with E-state index in [-0.39, 0.29) is 11.3 Å². The van der Waals surface area contributed by atoms with E-state index in [4.69, 9.17) is 23.4 Å². The number of benzene rings is 2. The van der Waals surface area contributed by atoms with Gasteiger partial charge in [0.2, 0.25) is 5.78 Å². The van der Waals surface area contributed by atoms with Gasteiger partial charge in [-0.15, -0.1) is 0 Å². The average molecular weight is 537 g/mol. The highest BCUT2D eigenvalue weighted by Crippen LogP contribution is 2.42. The van der Waals surface area contributed by atoms with E-state index in [1.54, 1.807) is 42.5 Å². The van der Waals surface area contributed by atoms with Crippen LogP contribution in [0.5, 0.6) is 17.2 Å². The zero-order valence-corrected chi connectivity index (χ0v) is 22.3. The number of hydrogen-bond acceptors (Lipinski definition) is 9. The fraction of sp³-hybridized carbons (Fsp3) is 0.379. The summed E-state index contributed by atoms with van der Waals surface area (Å²) in [7, 11) is 4.57. The number of amides is 1. The molecular weight excluding hydrogens is 504 g/mol. The summed E-state index contributed by atoms with van der Waals surface area (Å²) >= 11 is 0. The Hall–Kier alpha value is -4.02. The Morgan fingerprint density at radius 2 is 1.72 bits per heavy atom. The zero-order valence-electron chi connectivity index (χ0n) is 22.3. The maximum absolute atomic E-state index is 13.9. The number of fused-ring (bicyclic) bond motifs is 1. The maximum Gasteiger partial charge on any atom is 0.290 e. The number of methoxy groups -OCH3 is 3. The zero-order chi connectivity index (χ0) is 27.5. The molecule has 1 fully saturated rings. The number of carbonyl (C=O) groups excluding carboxylic acids is 2. The van der Waals surface area contributed by atoms with Crippen molar-refractivity contribution >= 4 is 22.7 Å². The van der Waals surface area contributed by atoms with Gasteiger partial charge in [-0.1, -0.05) is 18.2 Å². The summed E-state index contributed by atoms with van der Waals surface area (Å²) in [5.41, 5.74) is 0.975. The number of hydrogen-bond donors (Lipinski definition) is 1. The van der Waals surface area contributed by atoms with Crippen LogP contribution in [0, 0.1) is 0 Å². The second-order valence-corrected chi connectivity index (χ2v) is 9.40. The molecule has 0 bridgehead atoms. The van der Waals surface area contributed by atoms with Gasteiger partial charge in [-0.05, 0) is 36.2 Å². The van der Waals surface area contributed by atoms with E-state index in [1.807, 2.05) is 0 Å². The highest BCUT2D eigenvalue weighted by Gasteiger charge is 2.44. The van der Waals surface area contributed by atoms with Crippen LogP contribution in [0.4, 0.5) is 0 Å². The van der Waals surface area contributed by atoms with Gasteiger partial charge >= 0.3 is 0 Å². The average Bonchev–Trinajstić information content (AvgIpc) is 3.52. The van der Waals surface area contributed by atoms with Crippen molar-refractivity contribution in [2.75, 3.05) is 60.7 Å². The first-order valence-corrected chi connectivity index (χ1v) is 12.8. The Balaban J connectivity index is 1.51. The standard InChI is InChI=1S/C29H32N2O8/c1-35-20-9-8-18(16-22(20)37-3)25-24(26(32)23-17-19-6-4-7-21(36-2)28(19)39-23)27(33)29(34)31(25)11-5-10-30-12-14-38-15-13-30/h4,6-9,16-17,25,33H,5,10-15H2,1-3H3/t25-/m0/s1. The van der Waals surface area contributed by atoms with E-state index in [0.29, 0.717) is 60.0 Å². The molecule has 0 aliphatic carbocycles. The van der Waals surface area contributed by atoms with Crippen LogP contribution >= 0.6 is 0 Å². The van der Waals surface area contributed by atoms with Crippen molar-refractivity contribution in [3.8, 4) is 17.2 Å². The lowest BCUT2D eigenvalue weighted by Crippen LogP contribution is -2.39. The molecule has 1 N–H and O–H groups in total. The number of nitrogens with zero attached hydrogens (tertiary/aromatic N) is 2. The molecule has 1 amide bonds. The van der Waals surface area contributed by atoms with Crippen molar-refractivity contribution in [3.63, 3.8) is 0 Å². The van der Waals surface area contributed by atoms with Crippen LogP contribution in [0.2, 0.25) is 0 Å². The Kier molecular flexibility index (Phi) is 7.76. The molecule has 2 aromatic carbocycles. The van der Waals surface area contributed by atoms with Gasteiger partial charge in [-0.2, -0.15) is 0 Å². The highest BCUT2D eigenvalue weighted by atomic mass is 16.5. The summed E-state index contributed by atoms with van der Waals surface area (Å²) in [6.07, 6.45) is 0.659. The molecule has 0 spiro atoms. The Labute approximate surface area is 226 Å². The number of ketones is 1. The van der Waals surface area contributed by atoms with Crippen LogP contribution in [-0.2, 0) is 9.53 Å². The third-order valence-electron chi connectivity index (χ3n) is 7.20. The molecular formula is C29H32N2O8. The predicted molar refractivity (Wildman–Crippen MR) is 143 cm³/mol. The third kappa shape index (κ3) is 5.05. The third-order valence-corrected chi connectivity index (χ3v) is 7.20. The van der Waals surface area contributed by atoms with Gasteiger partial charge in [0.05, 0.1) is 46.2 Å². The van der Waals surface area contributed by atoms with Crippen LogP contribution in [0.3, 0.4) is 0 Å². The molecule has 0 saturated carbocycles. The summed E-state index contributed by atoms with van der Waals surface area (Å²) in [6.45, 7) is 4.12. The minimum atomic E-state index is -0.843. The lowest BCUT2D eigenvalue weighted by Gasteiger charge is -2.30. The molecule has 2 aliphatic heterocycles. The lowest BCUT2D eigenvalue weighted by molar-refractivity contribution is -0.129. The summed E-state index contributed by atoms with van der Waals surface area (Å²) in [6, 6.07) is 11.3. The number of carbonyl (C=O) groups is 2. The van der Waals surface area contributed by atoms with Gasteiger partial charge in [0.1, 0.15) is 0 Å². The molecule has 10 nitrogen and oxygen atoms in total. The quantitative estimate of drug-likeness (QED) is 0.387. The van der Waals surface area contributed by atoms with Gasteiger partial charge in [0, 0.05) is 31.6 Å². The number of ether oxygens (including phenoxy) is 4. The van der Waals surface area contributed by atoms with Gasteiger partial charge in [0.25, 0.3) is 5.91 Å². The fourth-order valence-electron chi connectivity index (χ4n) is 5.22. The molecule has 39 heavy (non-hydrogen) atoms. The molecule has 3 heterocycles. The molecule has 10 heteroatoms. The van der Waals surface area contributed by atoms with E-state index in [2.05, 4.69) is 4.90 Å². The lowest BCUT2D eigenvalue weighted by atomic mass is 9.94. The second-order valence-electron chi connectivity index (χ2n) is 9.40. The van der Waals surface area contributed by atoms with Crippen molar-refractivity contribution in [2.24, 2.45) is 0 Å². The Bertz CT molecular complexity index is 1410. The molecule has 2 aliphatic rings. The summed E-state index contributed by atoms with van der Waals surface area (Å²) in [5, 5.41) is 11.7. The number of para-hydroxylation sites is 1. The van der Waals surface area contributed by atoms with E-state index >= 15 is 0 Å². The van der Waals surface area contributed by atoms with E-state index < -0.39 is 23.5 Å². The first kappa shape index (κ1) is 26.6. The normalized spacial score (nSPS) is 18.2. The van der Waals surface area contributed by atoms with Gasteiger partial charge < -0.3 is 33.4 Å². The number of furan rings is 1. The van der Waals surface area contributed by atoms with Crippen LogP contribution in [-0.4, -0.2) is 87.3 Å². The first-order chi connectivity index (χ1) is 19.0. The first-order valence-electron chi connectivity index (χ1n) is 12.8. The molecule has 1 saturated heterocycles. The number of aliphatic hydroxyl groups is 1. The van der Waals surface area contributed by atoms with Crippen LogP contribution in [0.1, 0.15) is 28.6 Å². The van der Waals surface area contributed by atoms with Crippen LogP contribution < -0.4 is 14.2 Å². The second kappa shape index (κ2) is 11.4. The Morgan fingerprint density at radius 1 is 0.974 bits per heavy atom. The Morgan fingerprint density at radius 3 is 2.44 bits per heavy atom. The molecule has 206 valence electrons. The van der Waals surface area contributed by atoms with Crippen molar-refractivity contribution in [1.29, 1.82) is 0 Å². The van der Waals surface area contributed by atoms with E-state index in [1.165, 1.54) is 26.2 Å². The van der Waals surface area contributed by atoms with Gasteiger partial charge in [0.15, 0.2) is 34.4 Å². The highest BCUT2D eigenvalue weighted by molar-refractivity contribution is 6.16. The van der Waals surface area contributed by atoms with E-state index in [9.17, 15) is 14.7 Å². The van der Waals surface area contributed by atoms with Gasteiger partial charge in [-0.25, -0.2) is 0 Å². The van der Waals surface area contributed by atoms with Crippen molar-refractivity contribution in [1.82, 2.24) is 9.80 Å². The van der Waals surface area contributed by atoms with Crippen LogP contribution in [0.15, 0.2) is 58.2 Å². The fourth-order valence-corrected chi connectivity index (χ4v) is 5.22. The monoisotopic (exact) mass is 536 g/mol. The molecule has 1 atom stereocenters.